The van der Waals surface area contributed by atoms with Crippen molar-refractivity contribution in [2.24, 2.45) is 11.8 Å². The van der Waals surface area contributed by atoms with Crippen LogP contribution in [0.5, 0.6) is 0 Å². The average Bonchev–Trinajstić information content (AvgIpc) is 2.58. The van der Waals surface area contributed by atoms with Gasteiger partial charge in [-0.25, -0.2) is 0 Å². The fourth-order valence-electron chi connectivity index (χ4n) is 2.11. The first-order valence-corrected chi connectivity index (χ1v) is 5.41. The molecular weight excluding hydrogens is 194 g/mol. The van der Waals surface area contributed by atoms with E-state index in [1.807, 2.05) is 6.92 Å². The number of rotatable bonds is 4. The maximum absolute atomic E-state index is 11.4. The summed E-state index contributed by atoms with van der Waals surface area (Å²) in [5, 5.41) is 0. The molecule has 0 spiro atoms. The van der Waals surface area contributed by atoms with Crippen molar-refractivity contribution in [3.05, 3.63) is 0 Å². The maximum Gasteiger partial charge on any atom is 0.310 e. The lowest BCUT2D eigenvalue weighted by molar-refractivity contribution is -0.146. The lowest BCUT2D eigenvalue weighted by Gasteiger charge is -2.19. The second-order valence-corrected chi connectivity index (χ2v) is 4.37. The number of esters is 1. The zero-order valence-corrected chi connectivity index (χ0v) is 10.0. The van der Waals surface area contributed by atoms with Gasteiger partial charge in [0.1, 0.15) is 0 Å². The minimum absolute atomic E-state index is 0.0269. The number of ether oxygens (including phenoxy) is 2. The first kappa shape index (κ1) is 12.5. The van der Waals surface area contributed by atoms with Crippen LogP contribution in [0.15, 0.2) is 0 Å². The lowest BCUT2D eigenvalue weighted by atomic mass is 9.99. The van der Waals surface area contributed by atoms with Crippen molar-refractivity contribution in [3.8, 4) is 0 Å². The van der Waals surface area contributed by atoms with Crippen molar-refractivity contribution < 1.29 is 14.3 Å². The topological polar surface area (TPSA) is 38.8 Å². The van der Waals surface area contributed by atoms with Crippen LogP contribution < -0.4 is 0 Å². The fourth-order valence-corrected chi connectivity index (χ4v) is 2.11. The molecule has 3 atom stereocenters. The van der Waals surface area contributed by atoms with Gasteiger partial charge in [-0.1, -0.05) is 6.92 Å². The molecule has 0 aromatic heterocycles. The minimum Gasteiger partial charge on any atom is -0.469 e. The smallest absolute Gasteiger partial charge is 0.310 e. The Balaban J connectivity index is 2.45. The molecule has 0 aliphatic carbocycles. The van der Waals surface area contributed by atoms with Crippen molar-refractivity contribution in [2.75, 3.05) is 33.9 Å². The summed E-state index contributed by atoms with van der Waals surface area (Å²) >= 11 is 0. The van der Waals surface area contributed by atoms with Crippen molar-refractivity contribution in [1.29, 1.82) is 0 Å². The van der Waals surface area contributed by atoms with E-state index in [9.17, 15) is 4.79 Å². The summed E-state index contributed by atoms with van der Waals surface area (Å²) in [6.07, 6.45) is 0.216. The first-order chi connectivity index (χ1) is 7.08. The Kier molecular flexibility index (Phi) is 4.54. The summed E-state index contributed by atoms with van der Waals surface area (Å²) in [7, 11) is 3.16. The van der Waals surface area contributed by atoms with Crippen molar-refractivity contribution in [1.82, 2.24) is 4.90 Å². The second-order valence-electron chi connectivity index (χ2n) is 4.37. The summed E-state index contributed by atoms with van der Waals surface area (Å²) in [5.74, 6) is 0.315. The zero-order valence-electron chi connectivity index (χ0n) is 10.0. The molecule has 1 heterocycles. The van der Waals surface area contributed by atoms with E-state index in [0.717, 1.165) is 19.6 Å². The molecule has 1 aliphatic heterocycles. The minimum atomic E-state index is -0.0879. The number of likely N-dealkylation sites (tertiary alicyclic amines) is 1. The van der Waals surface area contributed by atoms with Crippen LogP contribution >= 0.6 is 0 Å². The van der Waals surface area contributed by atoms with Gasteiger partial charge in [-0.15, -0.1) is 0 Å². The normalized spacial score (nSPS) is 29.1. The molecule has 15 heavy (non-hydrogen) atoms. The highest BCUT2D eigenvalue weighted by Gasteiger charge is 2.35. The van der Waals surface area contributed by atoms with E-state index in [-0.39, 0.29) is 18.0 Å². The molecule has 1 saturated heterocycles. The number of hydrogen-bond acceptors (Lipinski definition) is 4. The highest BCUT2D eigenvalue weighted by molar-refractivity contribution is 5.73. The van der Waals surface area contributed by atoms with Gasteiger partial charge in [0, 0.05) is 26.7 Å². The Bertz CT molecular complexity index is 220. The van der Waals surface area contributed by atoms with Gasteiger partial charge in [0.15, 0.2) is 0 Å². The summed E-state index contributed by atoms with van der Waals surface area (Å²) in [4.78, 5) is 13.7. The average molecular weight is 215 g/mol. The van der Waals surface area contributed by atoms with Crippen LogP contribution in [0.2, 0.25) is 0 Å². The monoisotopic (exact) mass is 215 g/mol. The van der Waals surface area contributed by atoms with Gasteiger partial charge >= 0.3 is 5.97 Å². The van der Waals surface area contributed by atoms with Gasteiger partial charge in [0.2, 0.25) is 0 Å². The van der Waals surface area contributed by atoms with Gasteiger partial charge in [-0.3, -0.25) is 9.69 Å². The van der Waals surface area contributed by atoms with Gasteiger partial charge in [0.05, 0.1) is 19.1 Å². The van der Waals surface area contributed by atoms with Gasteiger partial charge in [-0.05, 0) is 12.8 Å². The Morgan fingerprint density at radius 1 is 1.47 bits per heavy atom. The molecule has 3 unspecified atom stereocenters. The van der Waals surface area contributed by atoms with E-state index in [0.29, 0.717) is 5.92 Å². The summed E-state index contributed by atoms with van der Waals surface area (Å²) in [6, 6.07) is 0. The zero-order chi connectivity index (χ0) is 11.4. The molecule has 0 amide bonds. The highest BCUT2D eigenvalue weighted by Crippen LogP contribution is 2.24. The van der Waals surface area contributed by atoms with E-state index in [1.54, 1.807) is 7.11 Å². The Morgan fingerprint density at radius 3 is 2.67 bits per heavy atom. The van der Waals surface area contributed by atoms with Gasteiger partial charge in [-0.2, -0.15) is 0 Å². The number of carbonyl (C=O) groups is 1. The van der Waals surface area contributed by atoms with Gasteiger partial charge < -0.3 is 9.47 Å². The Morgan fingerprint density at radius 2 is 2.13 bits per heavy atom. The molecule has 0 aromatic rings. The molecule has 0 aromatic carbocycles. The van der Waals surface area contributed by atoms with Crippen LogP contribution in [0.25, 0.3) is 0 Å². The second kappa shape index (κ2) is 5.47. The van der Waals surface area contributed by atoms with E-state index in [1.165, 1.54) is 7.11 Å². The van der Waals surface area contributed by atoms with Crippen molar-refractivity contribution >= 4 is 5.97 Å². The standard InChI is InChI=1S/C11H21NO3/c1-8-5-12(6-9(2)14-3)7-10(8)11(13)15-4/h8-10H,5-7H2,1-4H3. The van der Waals surface area contributed by atoms with Crippen LogP contribution in [0, 0.1) is 11.8 Å². The molecule has 4 nitrogen and oxygen atoms in total. The number of nitrogens with zero attached hydrogens (tertiary/aromatic N) is 1. The summed E-state index contributed by atoms with van der Waals surface area (Å²) in [5.41, 5.74) is 0. The largest absolute Gasteiger partial charge is 0.469 e. The molecule has 1 aliphatic rings. The third-order valence-corrected chi connectivity index (χ3v) is 3.11. The molecule has 1 fully saturated rings. The molecule has 0 bridgehead atoms. The quantitative estimate of drug-likeness (QED) is 0.649. The first-order valence-electron chi connectivity index (χ1n) is 5.41. The molecule has 0 N–H and O–H groups in total. The highest BCUT2D eigenvalue weighted by atomic mass is 16.5. The third-order valence-electron chi connectivity index (χ3n) is 3.11. The molecule has 0 saturated carbocycles. The lowest BCUT2D eigenvalue weighted by Crippen LogP contribution is -2.31. The van der Waals surface area contributed by atoms with Crippen molar-refractivity contribution in [2.45, 2.75) is 20.0 Å². The van der Waals surface area contributed by atoms with Crippen LogP contribution in [0.3, 0.4) is 0 Å². The summed E-state index contributed by atoms with van der Waals surface area (Å²) < 4.78 is 10.00. The number of hydrogen-bond donors (Lipinski definition) is 0. The predicted octanol–water partition coefficient (Wildman–Crippen LogP) is 0.762. The number of methoxy groups -OCH3 is 2. The molecule has 0 radical (unpaired) electrons. The molecular formula is C11H21NO3. The van der Waals surface area contributed by atoms with E-state index < -0.39 is 0 Å². The van der Waals surface area contributed by atoms with Crippen LogP contribution in [-0.2, 0) is 14.3 Å². The van der Waals surface area contributed by atoms with Crippen LogP contribution in [0.1, 0.15) is 13.8 Å². The number of carbonyl (C=O) groups excluding carboxylic acids is 1. The van der Waals surface area contributed by atoms with E-state index >= 15 is 0 Å². The Hall–Kier alpha value is -0.610. The fraction of sp³-hybridized carbons (Fsp3) is 0.909. The van der Waals surface area contributed by atoms with Crippen LogP contribution in [0.4, 0.5) is 0 Å². The summed E-state index contributed by atoms with van der Waals surface area (Å²) in [6.45, 7) is 6.76. The third kappa shape index (κ3) is 3.18. The van der Waals surface area contributed by atoms with Crippen molar-refractivity contribution in [3.63, 3.8) is 0 Å². The van der Waals surface area contributed by atoms with E-state index in [2.05, 4.69) is 11.8 Å². The van der Waals surface area contributed by atoms with E-state index in [4.69, 9.17) is 9.47 Å². The predicted molar refractivity (Wildman–Crippen MR) is 57.6 cm³/mol. The van der Waals surface area contributed by atoms with Crippen LogP contribution in [-0.4, -0.2) is 50.8 Å². The maximum atomic E-state index is 11.4. The molecule has 88 valence electrons. The van der Waals surface area contributed by atoms with Gasteiger partial charge in [0.25, 0.3) is 0 Å². The Labute approximate surface area is 91.5 Å². The molecule has 4 heteroatoms. The SMILES string of the molecule is COC(=O)C1CN(CC(C)OC)CC1C. The molecule has 1 rings (SSSR count).